The normalized spacial score (nSPS) is 23.3. The lowest BCUT2D eigenvalue weighted by molar-refractivity contribution is 0.248. The summed E-state index contributed by atoms with van der Waals surface area (Å²) in [5, 5.41) is 4.43. The third-order valence-corrected chi connectivity index (χ3v) is 7.05. The van der Waals surface area contributed by atoms with Gasteiger partial charge in [-0.15, -0.1) is 24.0 Å². The first kappa shape index (κ1) is 24.9. The summed E-state index contributed by atoms with van der Waals surface area (Å²) >= 11 is 6.14. The van der Waals surface area contributed by atoms with Crippen LogP contribution in [-0.2, 0) is 0 Å². The van der Waals surface area contributed by atoms with E-state index in [0.29, 0.717) is 0 Å². The van der Waals surface area contributed by atoms with Crippen LogP contribution in [0.3, 0.4) is 0 Å². The highest BCUT2D eigenvalue weighted by Crippen LogP contribution is 2.21. The van der Waals surface area contributed by atoms with Gasteiger partial charge >= 0.3 is 0 Å². The lowest BCUT2D eigenvalue weighted by Gasteiger charge is -2.36. The summed E-state index contributed by atoms with van der Waals surface area (Å²) in [6, 6.07) is 8.93. The Hall–Kier alpha value is -0.770. The first-order valence-corrected chi connectivity index (χ1v) is 12.0. The summed E-state index contributed by atoms with van der Waals surface area (Å²) < 4.78 is 0. The van der Waals surface area contributed by atoms with Crippen molar-refractivity contribution in [2.45, 2.75) is 31.7 Å². The minimum Gasteiger partial charge on any atom is -0.369 e. The third kappa shape index (κ3) is 6.85. The molecule has 31 heavy (non-hydrogen) atoms. The first-order valence-electron chi connectivity index (χ1n) is 11.7. The summed E-state index contributed by atoms with van der Waals surface area (Å²) in [5.41, 5.74) is 1.24. The molecule has 4 rings (SSSR count). The molecule has 0 bridgehead atoms. The predicted molar refractivity (Wildman–Crippen MR) is 142 cm³/mol. The maximum absolute atomic E-state index is 6.14. The van der Waals surface area contributed by atoms with E-state index in [-0.39, 0.29) is 24.0 Å². The van der Waals surface area contributed by atoms with E-state index in [1.807, 2.05) is 19.2 Å². The fourth-order valence-electron chi connectivity index (χ4n) is 5.08. The molecule has 1 aromatic carbocycles. The van der Waals surface area contributed by atoms with Gasteiger partial charge in [-0.2, -0.15) is 0 Å². The van der Waals surface area contributed by atoms with Gasteiger partial charge in [0.1, 0.15) is 0 Å². The Morgan fingerprint density at radius 2 is 1.87 bits per heavy atom. The molecule has 0 saturated carbocycles. The van der Waals surface area contributed by atoms with Crippen LogP contribution in [0.15, 0.2) is 29.3 Å². The second-order valence-corrected chi connectivity index (χ2v) is 9.20. The Labute approximate surface area is 210 Å². The Balaban J connectivity index is 0.00000272. The lowest BCUT2D eigenvalue weighted by Crippen LogP contribution is -2.47. The smallest absolute Gasteiger partial charge is 0.193 e. The number of hydrogen-bond acceptors (Lipinski definition) is 4. The monoisotopic (exact) mass is 560 g/mol. The average Bonchev–Trinajstić information content (AvgIpc) is 3.46. The van der Waals surface area contributed by atoms with Crippen molar-refractivity contribution in [1.82, 2.24) is 20.0 Å². The number of rotatable bonds is 6. The zero-order valence-corrected chi connectivity index (χ0v) is 21.9. The number of anilines is 1. The summed E-state index contributed by atoms with van der Waals surface area (Å²) in [5.74, 6) is 1.09. The fourth-order valence-corrected chi connectivity index (χ4v) is 5.26. The molecule has 0 radical (unpaired) electrons. The van der Waals surface area contributed by atoms with Crippen molar-refractivity contribution in [3.8, 4) is 0 Å². The number of nitrogens with one attached hydrogen (secondary N) is 1. The van der Waals surface area contributed by atoms with Crippen LogP contribution in [0.25, 0.3) is 0 Å². The Morgan fingerprint density at radius 3 is 2.58 bits per heavy atom. The van der Waals surface area contributed by atoms with Gasteiger partial charge in [0.05, 0.1) is 0 Å². The number of piperazine rings is 1. The molecule has 174 valence electrons. The largest absolute Gasteiger partial charge is 0.369 e. The zero-order valence-electron chi connectivity index (χ0n) is 18.8. The average molecular weight is 561 g/mol. The quantitative estimate of drug-likeness (QED) is 0.250. The van der Waals surface area contributed by atoms with E-state index in [2.05, 4.69) is 42.0 Å². The van der Waals surface area contributed by atoms with E-state index in [1.165, 1.54) is 38.0 Å². The van der Waals surface area contributed by atoms with Crippen LogP contribution < -0.4 is 10.2 Å². The van der Waals surface area contributed by atoms with Crippen LogP contribution in [-0.4, -0.2) is 99.2 Å². The number of hydrogen-bond donors (Lipinski definition) is 1. The summed E-state index contributed by atoms with van der Waals surface area (Å²) in [6.45, 7) is 11.3. The third-order valence-electron chi connectivity index (χ3n) is 6.81. The van der Waals surface area contributed by atoms with Crippen LogP contribution in [0.5, 0.6) is 0 Å². The number of guanidine groups is 1. The molecule has 0 amide bonds. The van der Waals surface area contributed by atoms with Crippen LogP contribution in [0, 0.1) is 0 Å². The summed E-state index contributed by atoms with van der Waals surface area (Å²) in [6.07, 6.45) is 5.17. The van der Waals surface area contributed by atoms with Crippen LogP contribution in [0.2, 0.25) is 5.02 Å². The fraction of sp³-hybridized carbons (Fsp3) is 0.696. The number of likely N-dealkylation sites (tertiary alicyclic amines) is 2. The molecule has 3 aliphatic heterocycles. The Bertz CT molecular complexity index is 703. The van der Waals surface area contributed by atoms with Crippen LogP contribution >= 0.6 is 35.6 Å². The van der Waals surface area contributed by atoms with E-state index < -0.39 is 0 Å². The molecule has 0 spiro atoms. The van der Waals surface area contributed by atoms with Gasteiger partial charge in [-0.25, -0.2) is 0 Å². The number of halogens is 2. The van der Waals surface area contributed by atoms with Gasteiger partial charge < -0.3 is 15.1 Å². The van der Waals surface area contributed by atoms with Gasteiger partial charge in [0.15, 0.2) is 5.96 Å². The zero-order chi connectivity index (χ0) is 20.8. The predicted octanol–water partition coefficient (Wildman–Crippen LogP) is 3.22. The standard InChI is InChI=1S/C23H37ClN6.HI/c1-25-23(30-13-8-22(19-30)28-11-2-3-12-28)26-9-5-10-27-14-16-29(17-15-27)21-7-4-6-20(24)18-21;/h4,6-7,18,22H,2-3,5,8-17,19H2,1H3,(H,25,26);1H. The maximum atomic E-state index is 6.14. The van der Waals surface area contributed by atoms with E-state index in [9.17, 15) is 0 Å². The van der Waals surface area contributed by atoms with Crippen molar-refractivity contribution < 1.29 is 0 Å². The second kappa shape index (κ2) is 12.5. The highest BCUT2D eigenvalue weighted by molar-refractivity contribution is 14.0. The molecule has 3 heterocycles. The van der Waals surface area contributed by atoms with E-state index in [1.54, 1.807) is 0 Å². The van der Waals surface area contributed by atoms with Crippen LogP contribution in [0.1, 0.15) is 25.7 Å². The molecule has 8 heteroatoms. The molecule has 1 unspecified atom stereocenters. The van der Waals surface area contributed by atoms with Gasteiger partial charge in [0, 0.05) is 69.6 Å². The van der Waals surface area contributed by atoms with Crippen LogP contribution in [0.4, 0.5) is 5.69 Å². The van der Waals surface area contributed by atoms with Gasteiger partial charge in [0.25, 0.3) is 0 Å². The van der Waals surface area contributed by atoms with Gasteiger partial charge in [-0.3, -0.25) is 14.8 Å². The van der Waals surface area contributed by atoms with Crippen molar-refractivity contribution in [2.75, 3.05) is 77.4 Å². The Morgan fingerprint density at radius 1 is 1.10 bits per heavy atom. The van der Waals surface area contributed by atoms with Crippen molar-refractivity contribution >= 4 is 47.2 Å². The van der Waals surface area contributed by atoms with E-state index >= 15 is 0 Å². The van der Waals surface area contributed by atoms with Gasteiger partial charge in [-0.05, 0) is 63.5 Å². The van der Waals surface area contributed by atoms with E-state index in [4.69, 9.17) is 11.6 Å². The van der Waals surface area contributed by atoms with Crippen molar-refractivity contribution in [3.63, 3.8) is 0 Å². The molecular weight excluding hydrogens is 523 g/mol. The molecule has 3 aliphatic rings. The molecule has 0 aromatic heterocycles. The van der Waals surface area contributed by atoms with Crippen molar-refractivity contribution in [3.05, 3.63) is 29.3 Å². The minimum absolute atomic E-state index is 0. The topological polar surface area (TPSA) is 37.4 Å². The molecule has 3 saturated heterocycles. The number of nitrogens with zero attached hydrogens (tertiary/aromatic N) is 5. The highest BCUT2D eigenvalue weighted by Gasteiger charge is 2.30. The summed E-state index contributed by atoms with van der Waals surface area (Å²) in [7, 11) is 1.92. The molecule has 1 N–H and O–H groups in total. The van der Waals surface area contributed by atoms with E-state index in [0.717, 1.165) is 75.8 Å². The van der Waals surface area contributed by atoms with Crippen molar-refractivity contribution in [1.29, 1.82) is 0 Å². The molecule has 1 atom stereocenters. The maximum Gasteiger partial charge on any atom is 0.193 e. The van der Waals surface area contributed by atoms with Crippen molar-refractivity contribution in [2.24, 2.45) is 4.99 Å². The SMILES string of the molecule is CN=C(NCCCN1CCN(c2cccc(Cl)c2)CC1)N1CCC(N2CCCC2)C1.I. The lowest BCUT2D eigenvalue weighted by atomic mass is 10.2. The van der Waals surface area contributed by atoms with Gasteiger partial charge in [-0.1, -0.05) is 17.7 Å². The molecule has 3 fully saturated rings. The number of aliphatic imine (C=N–C) groups is 1. The Kier molecular flexibility index (Phi) is 10.00. The summed E-state index contributed by atoms with van der Waals surface area (Å²) in [4.78, 5) is 14.7. The highest BCUT2D eigenvalue weighted by atomic mass is 127. The second-order valence-electron chi connectivity index (χ2n) is 8.77. The number of benzene rings is 1. The first-order chi connectivity index (χ1) is 14.7. The minimum atomic E-state index is 0. The molecule has 0 aliphatic carbocycles. The molecular formula is C23H38ClIN6. The molecule has 1 aromatic rings. The van der Waals surface area contributed by atoms with Gasteiger partial charge in [0.2, 0.25) is 0 Å². The molecule has 6 nitrogen and oxygen atoms in total.